The molecule has 102 valence electrons. The number of para-hydroxylation sites is 1. The van der Waals surface area contributed by atoms with Crippen LogP contribution in [0.4, 0.5) is 10.1 Å². The molecule has 2 nitrogen and oxygen atoms in total. The van der Waals surface area contributed by atoms with E-state index in [1.807, 2.05) is 31.2 Å². The molecule has 0 fully saturated rings. The summed E-state index contributed by atoms with van der Waals surface area (Å²) < 4.78 is 14.0. The molecule has 20 heavy (non-hydrogen) atoms. The quantitative estimate of drug-likeness (QED) is 0.766. The summed E-state index contributed by atoms with van der Waals surface area (Å²) in [7, 11) is 0. The Balaban J connectivity index is 2.05. The average Bonchev–Trinajstić information content (AvgIpc) is 2.76. The van der Waals surface area contributed by atoms with E-state index in [0.29, 0.717) is 10.0 Å². The van der Waals surface area contributed by atoms with Gasteiger partial charge in [0.25, 0.3) is 5.91 Å². The molecule has 1 aliphatic heterocycles. The van der Waals surface area contributed by atoms with Crippen LogP contribution in [0.2, 0.25) is 0 Å². The second-order valence-corrected chi connectivity index (χ2v) is 5.84. The molecule has 2 aromatic rings. The van der Waals surface area contributed by atoms with Crippen molar-refractivity contribution < 1.29 is 9.18 Å². The summed E-state index contributed by atoms with van der Waals surface area (Å²) >= 11 is 3.32. The van der Waals surface area contributed by atoms with E-state index in [-0.39, 0.29) is 11.9 Å². The van der Waals surface area contributed by atoms with Crippen LogP contribution in [0.1, 0.15) is 22.8 Å². The molecule has 0 saturated carbocycles. The van der Waals surface area contributed by atoms with Crippen LogP contribution in [-0.4, -0.2) is 11.9 Å². The molecule has 0 radical (unpaired) electrons. The van der Waals surface area contributed by atoms with Crippen LogP contribution in [0.25, 0.3) is 0 Å². The maximum absolute atomic E-state index is 13.4. The van der Waals surface area contributed by atoms with Crippen LogP contribution in [0.3, 0.4) is 0 Å². The normalized spacial score (nSPS) is 17.1. The van der Waals surface area contributed by atoms with Crippen LogP contribution in [0.15, 0.2) is 46.9 Å². The van der Waals surface area contributed by atoms with Gasteiger partial charge in [0.1, 0.15) is 5.82 Å². The fraction of sp³-hybridized carbons (Fsp3) is 0.188. The molecule has 4 heteroatoms. The molecule has 0 saturated heterocycles. The lowest BCUT2D eigenvalue weighted by molar-refractivity contribution is 0.0980. The number of hydrogen-bond acceptors (Lipinski definition) is 1. The lowest BCUT2D eigenvalue weighted by Gasteiger charge is -2.23. The van der Waals surface area contributed by atoms with E-state index in [1.54, 1.807) is 11.0 Å². The predicted octanol–water partition coefficient (Wildman–Crippen LogP) is 4.18. The van der Waals surface area contributed by atoms with E-state index < -0.39 is 5.82 Å². The maximum Gasteiger partial charge on any atom is 0.259 e. The summed E-state index contributed by atoms with van der Waals surface area (Å²) in [5, 5.41) is 0. The molecule has 0 aliphatic carbocycles. The molecule has 1 heterocycles. The first-order valence-corrected chi connectivity index (χ1v) is 7.24. The molecule has 1 aliphatic rings. The van der Waals surface area contributed by atoms with Gasteiger partial charge in [0.2, 0.25) is 0 Å². The predicted molar refractivity (Wildman–Crippen MR) is 80.5 cm³/mol. The van der Waals surface area contributed by atoms with Crippen LogP contribution >= 0.6 is 15.9 Å². The average molecular weight is 334 g/mol. The smallest absolute Gasteiger partial charge is 0.259 e. The number of rotatable bonds is 1. The largest absolute Gasteiger partial charge is 0.305 e. The van der Waals surface area contributed by atoms with E-state index >= 15 is 0 Å². The number of hydrogen-bond donors (Lipinski definition) is 0. The highest BCUT2D eigenvalue weighted by atomic mass is 79.9. The summed E-state index contributed by atoms with van der Waals surface area (Å²) in [5.41, 5.74) is 2.43. The Morgan fingerprint density at radius 3 is 2.85 bits per heavy atom. The topological polar surface area (TPSA) is 20.3 Å². The van der Waals surface area contributed by atoms with E-state index in [4.69, 9.17) is 0 Å². The Hall–Kier alpha value is -1.68. The van der Waals surface area contributed by atoms with E-state index in [1.165, 1.54) is 12.1 Å². The van der Waals surface area contributed by atoms with Gasteiger partial charge in [-0.15, -0.1) is 0 Å². The highest BCUT2D eigenvalue weighted by molar-refractivity contribution is 9.10. The van der Waals surface area contributed by atoms with Crippen molar-refractivity contribution in [2.24, 2.45) is 0 Å². The molecule has 0 N–H and O–H groups in total. The van der Waals surface area contributed by atoms with Gasteiger partial charge in [-0.25, -0.2) is 4.39 Å². The Morgan fingerprint density at radius 2 is 2.05 bits per heavy atom. The van der Waals surface area contributed by atoms with Crippen LogP contribution < -0.4 is 4.90 Å². The molecule has 2 aromatic carbocycles. The first-order valence-electron chi connectivity index (χ1n) is 6.44. The van der Waals surface area contributed by atoms with Gasteiger partial charge in [-0.2, -0.15) is 0 Å². The number of fused-ring (bicyclic) bond motifs is 1. The number of amides is 1. The highest BCUT2D eigenvalue weighted by Gasteiger charge is 2.32. The Morgan fingerprint density at radius 1 is 1.30 bits per heavy atom. The fourth-order valence-corrected chi connectivity index (χ4v) is 3.08. The molecule has 0 aromatic heterocycles. The number of benzene rings is 2. The zero-order chi connectivity index (χ0) is 14.3. The van der Waals surface area contributed by atoms with Crippen molar-refractivity contribution in [2.75, 3.05) is 4.90 Å². The molecule has 1 unspecified atom stereocenters. The number of halogens is 2. The van der Waals surface area contributed by atoms with Crippen LogP contribution in [0, 0.1) is 5.82 Å². The summed E-state index contributed by atoms with van der Waals surface area (Å²) in [4.78, 5) is 14.5. The van der Waals surface area contributed by atoms with Crippen LogP contribution in [-0.2, 0) is 6.42 Å². The molecule has 0 bridgehead atoms. The molecule has 1 atom stereocenters. The fourth-order valence-electron chi connectivity index (χ4n) is 2.67. The van der Waals surface area contributed by atoms with E-state index in [2.05, 4.69) is 15.9 Å². The van der Waals surface area contributed by atoms with Crippen molar-refractivity contribution in [3.63, 3.8) is 0 Å². The van der Waals surface area contributed by atoms with Gasteiger partial charge in [0.15, 0.2) is 0 Å². The first-order chi connectivity index (χ1) is 9.58. The minimum absolute atomic E-state index is 0.0788. The molecular weight excluding hydrogens is 321 g/mol. The molecular formula is C16H13BrFNO. The highest BCUT2D eigenvalue weighted by Crippen LogP contribution is 2.34. The van der Waals surface area contributed by atoms with Crippen molar-refractivity contribution >= 4 is 27.5 Å². The molecule has 0 spiro atoms. The van der Waals surface area contributed by atoms with E-state index in [9.17, 15) is 9.18 Å². The van der Waals surface area contributed by atoms with E-state index in [0.717, 1.165) is 17.7 Å². The lowest BCUT2D eigenvalue weighted by atomic mass is 10.1. The van der Waals surface area contributed by atoms with Crippen LogP contribution in [0.5, 0.6) is 0 Å². The van der Waals surface area contributed by atoms with Crippen molar-refractivity contribution in [1.82, 2.24) is 0 Å². The van der Waals surface area contributed by atoms with Gasteiger partial charge in [-0.05, 0) is 59.1 Å². The summed E-state index contributed by atoms with van der Waals surface area (Å²) in [6.45, 7) is 2.01. The Bertz CT molecular complexity index is 686. The minimum Gasteiger partial charge on any atom is -0.305 e. The second kappa shape index (κ2) is 5.02. The molecule has 1 amide bonds. The summed E-state index contributed by atoms with van der Waals surface area (Å²) in [6, 6.07) is 12.1. The number of carbonyl (C=O) groups is 1. The number of anilines is 1. The first kappa shape index (κ1) is 13.3. The minimum atomic E-state index is -0.406. The maximum atomic E-state index is 13.4. The van der Waals surface area contributed by atoms with Crippen molar-refractivity contribution in [3.05, 3.63) is 63.9 Å². The van der Waals surface area contributed by atoms with Crippen molar-refractivity contribution in [1.29, 1.82) is 0 Å². The molecule has 3 rings (SSSR count). The lowest BCUT2D eigenvalue weighted by Crippen LogP contribution is -2.36. The van der Waals surface area contributed by atoms with Gasteiger partial charge in [-0.1, -0.05) is 18.2 Å². The van der Waals surface area contributed by atoms with Gasteiger partial charge in [0, 0.05) is 16.2 Å². The second-order valence-electron chi connectivity index (χ2n) is 4.98. The van der Waals surface area contributed by atoms with Gasteiger partial charge >= 0.3 is 0 Å². The van der Waals surface area contributed by atoms with Gasteiger partial charge in [0.05, 0.1) is 5.56 Å². The Labute approximate surface area is 125 Å². The standard InChI is InChI=1S/C16H13BrFNO/c1-10-8-11-4-2-3-5-15(11)19(10)16(20)13-9-12(18)6-7-14(13)17/h2-7,9-10H,8H2,1H3. The summed E-state index contributed by atoms with van der Waals surface area (Å²) in [6.07, 6.45) is 0.828. The third kappa shape index (κ3) is 2.14. The van der Waals surface area contributed by atoms with Crippen molar-refractivity contribution in [3.8, 4) is 0 Å². The van der Waals surface area contributed by atoms with Crippen molar-refractivity contribution in [2.45, 2.75) is 19.4 Å². The SMILES string of the molecule is CC1Cc2ccccc2N1C(=O)c1cc(F)ccc1Br. The monoisotopic (exact) mass is 333 g/mol. The zero-order valence-electron chi connectivity index (χ0n) is 10.9. The van der Waals surface area contributed by atoms with Gasteiger partial charge in [-0.3, -0.25) is 4.79 Å². The third-order valence-corrected chi connectivity index (χ3v) is 4.28. The number of nitrogens with zero attached hydrogens (tertiary/aromatic N) is 1. The third-order valence-electron chi connectivity index (χ3n) is 3.58. The summed E-state index contributed by atoms with van der Waals surface area (Å²) in [5.74, 6) is -0.578. The van der Waals surface area contributed by atoms with Gasteiger partial charge < -0.3 is 4.90 Å². The zero-order valence-corrected chi connectivity index (χ0v) is 12.5. The Kier molecular flexibility index (Phi) is 3.34. The number of carbonyl (C=O) groups excluding carboxylic acids is 1.